The monoisotopic (exact) mass is 319 g/mol. The maximum Gasteiger partial charge on any atom is 0.274 e. The molecule has 0 bridgehead atoms. The predicted octanol–water partition coefficient (Wildman–Crippen LogP) is 3.40. The Morgan fingerprint density at radius 3 is 2.79 bits per heavy atom. The molecule has 0 aliphatic heterocycles. The molecule has 4 aromatic rings. The molecule has 0 saturated heterocycles. The molecule has 0 aliphatic carbocycles. The maximum atomic E-state index is 11.2. The van der Waals surface area contributed by atoms with Gasteiger partial charge in [-0.15, -0.1) is 0 Å². The molecule has 0 N–H and O–H groups in total. The average Bonchev–Trinajstić information content (AvgIpc) is 3.18. The van der Waals surface area contributed by atoms with Crippen LogP contribution in [0.15, 0.2) is 61.2 Å². The summed E-state index contributed by atoms with van der Waals surface area (Å²) in [6.45, 7) is 1.73. The highest BCUT2D eigenvalue weighted by Gasteiger charge is 2.15. The van der Waals surface area contributed by atoms with Crippen LogP contribution in [0.4, 0.5) is 5.69 Å². The first-order valence-corrected chi connectivity index (χ1v) is 7.36. The van der Waals surface area contributed by atoms with Crippen LogP contribution in [0.1, 0.15) is 5.56 Å². The van der Waals surface area contributed by atoms with Crippen molar-refractivity contribution >= 4 is 11.3 Å². The van der Waals surface area contributed by atoms with Crippen molar-refractivity contribution in [2.45, 2.75) is 6.92 Å². The lowest BCUT2D eigenvalue weighted by Gasteiger charge is -2.09. The van der Waals surface area contributed by atoms with Crippen molar-refractivity contribution in [3.8, 4) is 16.9 Å². The standard InChI is InChI=1S/C17H13N5O2/c1-12-4-5-14(9-15(12)22(23)24)20-8-6-17-19-11-16(21(17)20)13-3-2-7-18-10-13/h2-11H,1H3. The minimum Gasteiger partial charge on any atom is -0.264 e. The summed E-state index contributed by atoms with van der Waals surface area (Å²) in [5.74, 6) is 0. The van der Waals surface area contributed by atoms with Gasteiger partial charge in [0.1, 0.15) is 0 Å². The number of nitro groups is 1. The van der Waals surface area contributed by atoms with Crippen LogP contribution in [0, 0.1) is 17.0 Å². The number of hydrogen-bond donors (Lipinski definition) is 0. The van der Waals surface area contributed by atoms with Gasteiger partial charge in [-0.2, -0.15) is 0 Å². The van der Waals surface area contributed by atoms with E-state index in [9.17, 15) is 10.1 Å². The third-order valence-corrected chi connectivity index (χ3v) is 3.96. The van der Waals surface area contributed by atoms with Crippen LogP contribution in [0.25, 0.3) is 22.6 Å². The molecule has 24 heavy (non-hydrogen) atoms. The Hall–Kier alpha value is -3.48. The van der Waals surface area contributed by atoms with Crippen LogP contribution in [0.5, 0.6) is 0 Å². The number of hydrogen-bond acceptors (Lipinski definition) is 4. The number of rotatable bonds is 3. The number of nitro benzene ring substituents is 1. The first-order chi connectivity index (χ1) is 11.6. The first-order valence-electron chi connectivity index (χ1n) is 7.36. The lowest BCUT2D eigenvalue weighted by Crippen LogP contribution is -2.04. The lowest BCUT2D eigenvalue weighted by atomic mass is 10.2. The molecule has 0 spiro atoms. The summed E-state index contributed by atoms with van der Waals surface area (Å²) < 4.78 is 3.75. The van der Waals surface area contributed by atoms with Gasteiger partial charge < -0.3 is 0 Å². The Kier molecular flexibility index (Phi) is 3.13. The Morgan fingerprint density at radius 1 is 1.17 bits per heavy atom. The predicted molar refractivity (Wildman–Crippen MR) is 89.1 cm³/mol. The molecule has 0 amide bonds. The molecule has 3 heterocycles. The molecule has 7 nitrogen and oxygen atoms in total. The Morgan fingerprint density at radius 2 is 2.04 bits per heavy atom. The van der Waals surface area contributed by atoms with E-state index in [1.807, 2.05) is 39.7 Å². The zero-order valence-corrected chi connectivity index (χ0v) is 12.8. The molecule has 0 atom stereocenters. The van der Waals surface area contributed by atoms with Gasteiger partial charge in [0.2, 0.25) is 0 Å². The van der Waals surface area contributed by atoms with Gasteiger partial charge in [-0.25, -0.2) is 9.50 Å². The Balaban J connectivity index is 1.94. The van der Waals surface area contributed by atoms with Gasteiger partial charge in [-0.3, -0.25) is 19.8 Å². The van der Waals surface area contributed by atoms with Crippen molar-refractivity contribution in [3.63, 3.8) is 0 Å². The van der Waals surface area contributed by atoms with Gasteiger partial charge in [0.05, 0.1) is 22.5 Å². The number of benzene rings is 1. The molecule has 0 radical (unpaired) electrons. The Labute approximate surface area is 137 Å². The van der Waals surface area contributed by atoms with Crippen LogP contribution in [-0.2, 0) is 0 Å². The molecule has 1 aromatic carbocycles. The normalized spacial score (nSPS) is 11.0. The number of nitrogens with zero attached hydrogens (tertiary/aromatic N) is 5. The van der Waals surface area contributed by atoms with Gasteiger partial charge in [0.15, 0.2) is 5.65 Å². The molecular weight excluding hydrogens is 306 g/mol. The second-order valence-corrected chi connectivity index (χ2v) is 5.44. The molecular formula is C17H13N5O2. The van der Waals surface area contributed by atoms with Crippen molar-refractivity contribution in [2.24, 2.45) is 0 Å². The van der Waals surface area contributed by atoms with E-state index in [1.54, 1.807) is 37.6 Å². The summed E-state index contributed by atoms with van der Waals surface area (Å²) in [6, 6.07) is 10.9. The lowest BCUT2D eigenvalue weighted by molar-refractivity contribution is -0.385. The molecule has 0 aliphatic rings. The third kappa shape index (κ3) is 2.14. The minimum absolute atomic E-state index is 0.0948. The summed E-state index contributed by atoms with van der Waals surface area (Å²) in [7, 11) is 0. The van der Waals surface area contributed by atoms with Gasteiger partial charge >= 0.3 is 0 Å². The van der Waals surface area contributed by atoms with Gasteiger partial charge in [-0.05, 0) is 25.1 Å². The molecule has 0 fully saturated rings. The van der Waals surface area contributed by atoms with Crippen LogP contribution in [0.2, 0.25) is 0 Å². The average molecular weight is 319 g/mol. The molecule has 0 saturated carbocycles. The summed E-state index contributed by atoms with van der Waals surface area (Å²) >= 11 is 0. The summed E-state index contributed by atoms with van der Waals surface area (Å²) in [5, 5.41) is 11.2. The second-order valence-electron chi connectivity index (χ2n) is 5.44. The zero-order chi connectivity index (χ0) is 16.7. The largest absolute Gasteiger partial charge is 0.274 e. The van der Waals surface area contributed by atoms with Crippen LogP contribution < -0.4 is 0 Å². The maximum absolute atomic E-state index is 11.2. The summed E-state index contributed by atoms with van der Waals surface area (Å²) in [6.07, 6.45) is 7.09. The number of fused-ring (bicyclic) bond motifs is 1. The van der Waals surface area contributed by atoms with Gasteiger partial charge in [0.25, 0.3) is 5.69 Å². The number of imidazole rings is 1. The van der Waals surface area contributed by atoms with Gasteiger partial charge in [0, 0.05) is 41.9 Å². The Bertz CT molecular complexity index is 1050. The number of aryl methyl sites for hydroxylation is 1. The van der Waals surface area contributed by atoms with E-state index in [0.717, 1.165) is 16.9 Å². The first kappa shape index (κ1) is 14.1. The second kappa shape index (κ2) is 5.31. The molecule has 7 heteroatoms. The molecule has 118 valence electrons. The van der Waals surface area contributed by atoms with E-state index < -0.39 is 0 Å². The molecule has 3 aromatic heterocycles. The highest BCUT2D eigenvalue weighted by Crippen LogP contribution is 2.25. The SMILES string of the molecule is Cc1ccc(-n2ccc3ncc(-c4cccnc4)n32)cc1[N+](=O)[O-]. The van der Waals surface area contributed by atoms with Gasteiger partial charge in [-0.1, -0.05) is 6.07 Å². The van der Waals surface area contributed by atoms with Crippen LogP contribution in [0.3, 0.4) is 0 Å². The summed E-state index contributed by atoms with van der Waals surface area (Å²) in [4.78, 5) is 19.4. The van der Waals surface area contributed by atoms with Crippen LogP contribution >= 0.6 is 0 Å². The van der Waals surface area contributed by atoms with Crippen molar-refractivity contribution in [2.75, 3.05) is 0 Å². The molecule has 0 unspecified atom stereocenters. The topological polar surface area (TPSA) is 78.3 Å². The fourth-order valence-corrected chi connectivity index (χ4v) is 2.75. The van der Waals surface area contributed by atoms with E-state index in [2.05, 4.69) is 9.97 Å². The fourth-order valence-electron chi connectivity index (χ4n) is 2.75. The van der Waals surface area contributed by atoms with Crippen molar-refractivity contribution in [1.29, 1.82) is 0 Å². The smallest absolute Gasteiger partial charge is 0.264 e. The van der Waals surface area contributed by atoms with Crippen molar-refractivity contribution in [3.05, 3.63) is 76.9 Å². The number of aromatic nitrogens is 4. The van der Waals surface area contributed by atoms with E-state index in [4.69, 9.17) is 0 Å². The quantitative estimate of drug-likeness (QED) is 0.428. The van der Waals surface area contributed by atoms with Crippen molar-refractivity contribution < 1.29 is 4.92 Å². The van der Waals surface area contributed by atoms with E-state index in [-0.39, 0.29) is 10.6 Å². The van der Waals surface area contributed by atoms with E-state index in [1.165, 1.54) is 0 Å². The van der Waals surface area contributed by atoms with Crippen molar-refractivity contribution in [1.82, 2.24) is 19.2 Å². The molecule has 4 rings (SSSR count). The summed E-state index contributed by atoms with van der Waals surface area (Å²) in [5.41, 5.74) is 3.98. The minimum atomic E-state index is -0.366. The fraction of sp³-hybridized carbons (Fsp3) is 0.0588. The van der Waals surface area contributed by atoms with E-state index in [0.29, 0.717) is 11.3 Å². The number of pyridine rings is 1. The zero-order valence-electron chi connectivity index (χ0n) is 12.8. The highest BCUT2D eigenvalue weighted by molar-refractivity contribution is 5.63. The van der Waals surface area contributed by atoms with Crippen LogP contribution in [-0.4, -0.2) is 24.1 Å². The highest BCUT2D eigenvalue weighted by atomic mass is 16.6. The van der Waals surface area contributed by atoms with E-state index >= 15 is 0 Å². The third-order valence-electron chi connectivity index (χ3n) is 3.96.